The number of fused-ring (bicyclic) bond motifs is 1. The van der Waals surface area contributed by atoms with Crippen molar-refractivity contribution in [2.75, 3.05) is 6.54 Å². The number of hydrogen-bond donors (Lipinski definition) is 1. The van der Waals surface area contributed by atoms with E-state index >= 15 is 0 Å². The van der Waals surface area contributed by atoms with Crippen molar-refractivity contribution in [3.63, 3.8) is 0 Å². The predicted molar refractivity (Wildman–Crippen MR) is 76.6 cm³/mol. The van der Waals surface area contributed by atoms with Crippen LogP contribution in [0.2, 0.25) is 0 Å². The fourth-order valence-electron chi connectivity index (χ4n) is 2.59. The van der Waals surface area contributed by atoms with E-state index in [1.807, 2.05) is 10.9 Å². The molecule has 0 atom stereocenters. The van der Waals surface area contributed by atoms with Crippen molar-refractivity contribution in [2.45, 2.75) is 39.0 Å². The maximum Gasteiger partial charge on any atom is 0.127 e. The van der Waals surface area contributed by atoms with E-state index in [9.17, 15) is 0 Å². The van der Waals surface area contributed by atoms with Gasteiger partial charge in [0.15, 0.2) is 0 Å². The van der Waals surface area contributed by atoms with Gasteiger partial charge in [0, 0.05) is 31.3 Å². The highest BCUT2D eigenvalue weighted by atomic mass is 16.5. The second-order valence-corrected chi connectivity index (χ2v) is 5.79. The molecule has 0 amide bonds. The van der Waals surface area contributed by atoms with E-state index in [2.05, 4.69) is 47.7 Å². The Balaban J connectivity index is 1.58. The molecule has 1 aromatic carbocycles. The van der Waals surface area contributed by atoms with Crippen molar-refractivity contribution < 1.29 is 4.74 Å². The number of aromatic nitrogens is 3. The molecular formula is C15H20N4O. The Morgan fingerprint density at radius 1 is 1.40 bits per heavy atom. The maximum atomic E-state index is 6.06. The summed E-state index contributed by atoms with van der Waals surface area (Å²) in [4.78, 5) is 0. The van der Waals surface area contributed by atoms with Gasteiger partial charge >= 0.3 is 0 Å². The molecule has 5 nitrogen and oxygen atoms in total. The minimum atomic E-state index is -0.0842. The first-order valence-corrected chi connectivity index (χ1v) is 6.99. The van der Waals surface area contributed by atoms with E-state index < -0.39 is 0 Å². The van der Waals surface area contributed by atoms with Gasteiger partial charge in [-0.05, 0) is 19.4 Å². The van der Waals surface area contributed by atoms with Crippen LogP contribution in [-0.4, -0.2) is 27.1 Å². The average Bonchev–Trinajstić information content (AvgIpc) is 3.00. The van der Waals surface area contributed by atoms with E-state index in [1.165, 1.54) is 11.1 Å². The van der Waals surface area contributed by atoms with Crippen LogP contribution < -0.4 is 10.1 Å². The lowest BCUT2D eigenvalue weighted by molar-refractivity contribution is 0.137. The lowest BCUT2D eigenvalue weighted by Gasteiger charge is -2.18. The van der Waals surface area contributed by atoms with Crippen LogP contribution in [0.15, 0.2) is 30.6 Å². The Hall–Kier alpha value is -1.88. The summed E-state index contributed by atoms with van der Waals surface area (Å²) < 4.78 is 7.88. The zero-order valence-corrected chi connectivity index (χ0v) is 12.0. The van der Waals surface area contributed by atoms with Crippen LogP contribution in [0.4, 0.5) is 0 Å². The first-order valence-electron chi connectivity index (χ1n) is 6.99. The second kappa shape index (κ2) is 5.25. The summed E-state index contributed by atoms with van der Waals surface area (Å²) in [5.74, 6) is 1.06. The van der Waals surface area contributed by atoms with Crippen molar-refractivity contribution in [3.05, 3.63) is 41.7 Å². The monoisotopic (exact) mass is 272 g/mol. The lowest BCUT2D eigenvalue weighted by atomic mass is 10.0. The molecule has 0 bridgehead atoms. The SMILES string of the molecule is CC1(C)Cc2cccc(CNCCn3ccnn3)c2O1. The Labute approximate surface area is 118 Å². The topological polar surface area (TPSA) is 52.0 Å². The highest BCUT2D eigenvalue weighted by Gasteiger charge is 2.31. The second-order valence-electron chi connectivity index (χ2n) is 5.79. The molecule has 1 aromatic heterocycles. The van der Waals surface area contributed by atoms with Crippen LogP contribution in [0.3, 0.4) is 0 Å². The molecule has 0 saturated heterocycles. The van der Waals surface area contributed by atoms with Gasteiger partial charge < -0.3 is 10.1 Å². The van der Waals surface area contributed by atoms with Gasteiger partial charge in [-0.1, -0.05) is 23.4 Å². The van der Waals surface area contributed by atoms with Gasteiger partial charge in [-0.3, -0.25) is 4.68 Å². The highest BCUT2D eigenvalue weighted by Crippen LogP contribution is 2.37. The molecule has 0 spiro atoms. The van der Waals surface area contributed by atoms with Gasteiger partial charge in [0.2, 0.25) is 0 Å². The van der Waals surface area contributed by atoms with Gasteiger partial charge in [0.25, 0.3) is 0 Å². The molecule has 1 aliphatic rings. The van der Waals surface area contributed by atoms with Gasteiger partial charge in [0.1, 0.15) is 11.4 Å². The molecular weight excluding hydrogens is 252 g/mol. The molecule has 106 valence electrons. The Morgan fingerprint density at radius 3 is 3.10 bits per heavy atom. The van der Waals surface area contributed by atoms with Crippen molar-refractivity contribution >= 4 is 0 Å². The quantitative estimate of drug-likeness (QED) is 0.843. The van der Waals surface area contributed by atoms with Gasteiger partial charge in [-0.25, -0.2) is 0 Å². The van der Waals surface area contributed by atoms with Crippen LogP contribution in [-0.2, 0) is 19.5 Å². The van der Waals surface area contributed by atoms with Crippen molar-refractivity contribution in [1.29, 1.82) is 0 Å². The van der Waals surface area contributed by atoms with E-state index in [1.54, 1.807) is 6.20 Å². The van der Waals surface area contributed by atoms with E-state index in [4.69, 9.17) is 4.74 Å². The van der Waals surface area contributed by atoms with Crippen LogP contribution in [0.1, 0.15) is 25.0 Å². The van der Waals surface area contributed by atoms with Gasteiger partial charge in [-0.2, -0.15) is 0 Å². The maximum absolute atomic E-state index is 6.06. The molecule has 1 aliphatic heterocycles. The summed E-state index contributed by atoms with van der Waals surface area (Å²) in [5.41, 5.74) is 2.45. The molecule has 3 rings (SSSR count). The van der Waals surface area contributed by atoms with Gasteiger partial charge in [-0.15, -0.1) is 5.10 Å². The molecule has 0 unspecified atom stereocenters. The number of benzene rings is 1. The van der Waals surface area contributed by atoms with Crippen molar-refractivity contribution in [1.82, 2.24) is 20.3 Å². The van der Waals surface area contributed by atoms with Crippen molar-refractivity contribution in [2.24, 2.45) is 0 Å². The molecule has 5 heteroatoms. The van der Waals surface area contributed by atoms with Crippen LogP contribution in [0.5, 0.6) is 5.75 Å². The largest absolute Gasteiger partial charge is 0.487 e. The van der Waals surface area contributed by atoms with Crippen molar-refractivity contribution in [3.8, 4) is 5.75 Å². The summed E-state index contributed by atoms with van der Waals surface area (Å²) >= 11 is 0. The predicted octanol–water partition coefficient (Wildman–Crippen LogP) is 1.78. The molecule has 20 heavy (non-hydrogen) atoms. The fourth-order valence-corrected chi connectivity index (χ4v) is 2.59. The number of hydrogen-bond acceptors (Lipinski definition) is 4. The summed E-state index contributed by atoms with van der Waals surface area (Å²) in [6, 6.07) is 6.39. The number of nitrogens with zero attached hydrogens (tertiary/aromatic N) is 3. The van der Waals surface area contributed by atoms with Crippen LogP contribution >= 0.6 is 0 Å². The zero-order chi connectivity index (χ0) is 14.0. The molecule has 0 fully saturated rings. The van der Waals surface area contributed by atoms with Crippen LogP contribution in [0.25, 0.3) is 0 Å². The molecule has 0 aliphatic carbocycles. The van der Waals surface area contributed by atoms with Gasteiger partial charge in [0.05, 0.1) is 12.7 Å². The standard InChI is InChI=1S/C15H20N4O/c1-15(2)10-12-4-3-5-13(14(12)20-15)11-16-6-8-19-9-7-17-18-19/h3-5,7,9,16H,6,8,10-11H2,1-2H3. The molecule has 2 heterocycles. The fraction of sp³-hybridized carbons (Fsp3) is 0.467. The summed E-state index contributed by atoms with van der Waals surface area (Å²) in [6.07, 6.45) is 4.54. The number of ether oxygens (including phenoxy) is 1. The minimum Gasteiger partial charge on any atom is -0.487 e. The third kappa shape index (κ3) is 2.82. The third-order valence-corrected chi connectivity index (χ3v) is 3.48. The third-order valence-electron chi connectivity index (χ3n) is 3.48. The smallest absolute Gasteiger partial charge is 0.127 e. The number of nitrogens with one attached hydrogen (secondary N) is 1. The molecule has 1 N–H and O–H groups in total. The Kier molecular flexibility index (Phi) is 3.44. The normalized spacial score (nSPS) is 15.9. The molecule has 0 saturated carbocycles. The Morgan fingerprint density at radius 2 is 2.30 bits per heavy atom. The Bertz CT molecular complexity index is 578. The number of para-hydroxylation sites is 1. The first-order chi connectivity index (χ1) is 9.64. The van der Waals surface area contributed by atoms with E-state index in [0.29, 0.717) is 0 Å². The van der Waals surface area contributed by atoms with E-state index in [0.717, 1.165) is 31.8 Å². The first kappa shape index (κ1) is 13.1. The molecule has 2 aromatic rings. The summed E-state index contributed by atoms with van der Waals surface area (Å²) in [5, 5.41) is 11.2. The number of rotatable bonds is 5. The zero-order valence-electron chi connectivity index (χ0n) is 12.0. The molecule has 0 radical (unpaired) electrons. The average molecular weight is 272 g/mol. The van der Waals surface area contributed by atoms with Crippen LogP contribution in [0, 0.1) is 0 Å². The lowest BCUT2D eigenvalue weighted by Crippen LogP contribution is -2.25. The highest BCUT2D eigenvalue weighted by molar-refractivity contribution is 5.45. The summed E-state index contributed by atoms with van der Waals surface area (Å²) in [6.45, 7) is 6.76. The summed E-state index contributed by atoms with van der Waals surface area (Å²) in [7, 11) is 0. The minimum absolute atomic E-state index is 0.0842. The van der Waals surface area contributed by atoms with E-state index in [-0.39, 0.29) is 5.60 Å².